The third-order valence-corrected chi connectivity index (χ3v) is 5.34. The predicted molar refractivity (Wildman–Crippen MR) is 107 cm³/mol. The molecule has 0 aromatic heterocycles. The van der Waals surface area contributed by atoms with Gasteiger partial charge in [0, 0.05) is 18.8 Å². The molecule has 1 fully saturated rings. The van der Waals surface area contributed by atoms with Crippen LogP contribution in [0.5, 0.6) is 0 Å². The Morgan fingerprint density at radius 3 is 2.59 bits per heavy atom. The molecule has 0 radical (unpaired) electrons. The van der Waals surface area contributed by atoms with E-state index in [0.717, 1.165) is 23.2 Å². The number of fused-ring (bicyclic) bond motifs is 1. The molecule has 2 aliphatic heterocycles. The summed E-state index contributed by atoms with van der Waals surface area (Å²) < 4.78 is 10.6. The number of aliphatic hydroxyl groups is 1. The van der Waals surface area contributed by atoms with E-state index in [0.29, 0.717) is 26.1 Å². The first kappa shape index (κ1) is 19.3. The number of cyclic esters (lactones) is 1. The van der Waals surface area contributed by atoms with E-state index in [1.807, 2.05) is 48.5 Å². The van der Waals surface area contributed by atoms with Crippen molar-refractivity contribution in [1.29, 1.82) is 0 Å². The molecule has 2 aromatic rings. The van der Waals surface area contributed by atoms with Gasteiger partial charge in [-0.1, -0.05) is 36.4 Å². The Bertz CT molecular complexity index is 886. The normalized spacial score (nSPS) is 18.8. The van der Waals surface area contributed by atoms with Crippen LogP contribution >= 0.6 is 0 Å². The Hall–Kier alpha value is -3.06. The van der Waals surface area contributed by atoms with Crippen molar-refractivity contribution in [2.75, 3.05) is 31.1 Å². The fraction of sp³-hybridized carbons (Fsp3) is 0.364. The Labute approximate surface area is 169 Å². The zero-order chi connectivity index (χ0) is 20.2. The first-order valence-corrected chi connectivity index (χ1v) is 9.80. The maximum atomic E-state index is 12.5. The quantitative estimate of drug-likeness (QED) is 0.860. The number of anilines is 1. The summed E-state index contributed by atoms with van der Waals surface area (Å²) in [5.41, 5.74) is 3.99. The van der Waals surface area contributed by atoms with Crippen molar-refractivity contribution in [2.24, 2.45) is 0 Å². The number of hydrogen-bond acceptors (Lipinski definition) is 5. The number of carbonyl (C=O) groups is 2. The molecule has 2 heterocycles. The lowest BCUT2D eigenvalue weighted by molar-refractivity contribution is 0.0962. The van der Waals surface area contributed by atoms with Crippen LogP contribution in [0.15, 0.2) is 48.5 Å². The van der Waals surface area contributed by atoms with Gasteiger partial charge in [-0.25, -0.2) is 9.59 Å². The van der Waals surface area contributed by atoms with E-state index in [2.05, 4.69) is 0 Å². The van der Waals surface area contributed by atoms with Crippen LogP contribution in [0.2, 0.25) is 0 Å². The number of carbonyl (C=O) groups excluding carboxylic acids is 2. The first-order valence-electron chi connectivity index (χ1n) is 9.80. The summed E-state index contributed by atoms with van der Waals surface area (Å²) in [6.45, 7) is 1.57. The van der Waals surface area contributed by atoms with Gasteiger partial charge >= 0.3 is 12.2 Å². The molecule has 4 rings (SSSR count). The number of nitrogens with zero attached hydrogens (tertiary/aromatic N) is 2. The molecule has 1 N–H and O–H groups in total. The number of hydrogen-bond donors (Lipinski definition) is 1. The van der Waals surface area contributed by atoms with Crippen molar-refractivity contribution in [3.05, 3.63) is 65.2 Å². The summed E-state index contributed by atoms with van der Waals surface area (Å²) >= 11 is 0. The van der Waals surface area contributed by atoms with Crippen molar-refractivity contribution >= 4 is 17.9 Å². The molecule has 29 heavy (non-hydrogen) atoms. The van der Waals surface area contributed by atoms with Crippen molar-refractivity contribution < 1.29 is 24.2 Å². The summed E-state index contributed by atoms with van der Waals surface area (Å²) in [6, 6.07) is 15.5. The number of aliphatic hydroxyl groups excluding tert-OH is 1. The van der Waals surface area contributed by atoms with Gasteiger partial charge in [-0.2, -0.15) is 0 Å². The monoisotopic (exact) mass is 396 g/mol. The second-order valence-electron chi connectivity index (χ2n) is 7.28. The van der Waals surface area contributed by atoms with E-state index in [1.165, 1.54) is 10.5 Å². The average Bonchev–Trinajstić information content (AvgIpc) is 3.00. The second-order valence-corrected chi connectivity index (χ2v) is 7.28. The zero-order valence-electron chi connectivity index (χ0n) is 16.1. The number of benzene rings is 2. The van der Waals surface area contributed by atoms with E-state index in [1.54, 1.807) is 4.90 Å². The highest BCUT2D eigenvalue weighted by atomic mass is 16.6. The maximum Gasteiger partial charge on any atom is 0.414 e. The summed E-state index contributed by atoms with van der Waals surface area (Å²) in [5, 5.41) is 9.22. The molecule has 7 nitrogen and oxygen atoms in total. The highest BCUT2D eigenvalue weighted by Gasteiger charge is 2.32. The SMILES string of the molecule is O=C(OCc1ccccc1)N1CCc2ccc(N3C[C@@H](CO)OC3=O)cc2CC1. The van der Waals surface area contributed by atoms with Gasteiger partial charge in [-0.05, 0) is 41.7 Å². The largest absolute Gasteiger partial charge is 0.445 e. The molecule has 0 aliphatic carbocycles. The summed E-state index contributed by atoms with van der Waals surface area (Å²) in [6.07, 6.45) is 0.186. The fourth-order valence-corrected chi connectivity index (χ4v) is 3.70. The lowest BCUT2D eigenvalue weighted by Crippen LogP contribution is -2.33. The minimum absolute atomic E-state index is 0.187. The van der Waals surface area contributed by atoms with Gasteiger partial charge in [0.15, 0.2) is 0 Å². The zero-order valence-corrected chi connectivity index (χ0v) is 16.1. The van der Waals surface area contributed by atoms with Gasteiger partial charge in [0.1, 0.15) is 12.7 Å². The lowest BCUT2D eigenvalue weighted by atomic mass is 10.0. The van der Waals surface area contributed by atoms with Crippen LogP contribution < -0.4 is 4.90 Å². The molecule has 1 saturated heterocycles. The third kappa shape index (κ3) is 4.35. The lowest BCUT2D eigenvalue weighted by Gasteiger charge is -2.19. The van der Waals surface area contributed by atoms with Crippen LogP contribution in [0.1, 0.15) is 16.7 Å². The van der Waals surface area contributed by atoms with Gasteiger partial charge in [0.25, 0.3) is 0 Å². The molecule has 7 heteroatoms. The van der Waals surface area contributed by atoms with E-state index in [9.17, 15) is 14.7 Å². The fourth-order valence-electron chi connectivity index (χ4n) is 3.70. The van der Waals surface area contributed by atoms with Crippen LogP contribution in [0, 0.1) is 0 Å². The van der Waals surface area contributed by atoms with Gasteiger partial charge in [-0.15, -0.1) is 0 Å². The van der Waals surface area contributed by atoms with Crippen LogP contribution in [-0.2, 0) is 28.9 Å². The Morgan fingerprint density at radius 1 is 1.10 bits per heavy atom. The number of ether oxygens (including phenoxy) is 2. The van der Waals surface area contributed by atoms with E-state index >= 15 is 0 Å². The van der Waals surface area contributed by atoms with E-state index in [4.69, 9.17) is 9.47 Å². The topological polar surface area (TPSA) is 79.3 Å². The highest BCUT2D eigenvalue weighted by molar-refractivity contribution is 5.90. The summed E-state index contributed by atoms with van der Waals surface area (Å²) in [5.74, 6) is 0. The standard InChI is InChI=1S/C22H24N2O5/c25-14-20-13-24(22(27)29-20)19-7-6-17-8-10-23(11-9-18(17)12-19)21(26)28-15-16-4-2-1-3-5-16/h1-7,12,20,25H,8-11,13-15H2/t20-/m0/s1. The van der Waals surface area contributed by atoms with Crippen LogP contribution in [0.4, 0.5) is 15.3 Å². The Balaban J connectivity index is 1.39. The van der Waals surface area contributed by atoms with Crippen molar-refractivity contribution in [1.82, 2.24) is 4.90 Å². The average molecular weight is 396 g/mol. The predicted octanol–water partition coefficient (Wildman–Crippen LogP) is 2.74. The van der Waals surface area contributed by atoms with Crippen LogP contribution in [0.25, 0.3) is 0 Å². The molecule has 0 bridgehead atoms. The first-order chi connectivity index (χ1) is 14.1. The molecule has 1 atom stereocenters. The van der Waals surface area contributed by atoms with Crippen molar-refractivity contribution in [3.8, 4) is 0 Å². The van der Waals surface area contributed by atoms with Gasteiger partial charge in [0.2, 0.25) is 0 Å². The number of amides is 2. The molecule has 2 aromatic carbocycles. The summed E-state index contributed by atoms with van der Waals surface area (Å²) in [7, 11) is 0. The van der Waals surface area contributed by atoms with E-state index < -0.39 is 12.2 Å². The Morgan fingerprint density at radius 2 is 1.86 bits per heavy atom. The third-order valence-electron chi connectivity index (χ3n) is 5.34. The highest BCUT2D eigenvalue weighted by Crippen LogP contribution is 2.26. The molecular weight excluding hydrogens is 372 g/mol. The summed E-state index contributed by atoms with van der Waals surface area (Å²) in [4.78, 5) is 27.8. The van der Waals surface area contributed by atoms with Crippen LogP contribution in [-0.4, -0.2) is 54.5 Å². The number of rotatable bonds is 4. The minimum atomic E-state index is -0.490. The smallest absolute Gasteiger partial charge is 0.414 e. The minimum Gasteiger partial charge on any atom is -0.445 e. The molecule has 0 saturated carbocycles. The molecule has 2 amide bonds. The molecule has 152 valence electrons. The van der Waals surface area contributed by atoms with Crippen molar-refractivity contribution in [2.45, 2.75) is 25.6 Å². The van der Waals surface area contributed by atoms with Gasteiger partial charge in [-0.3, -0.25) is 4.90 Å². The van der Waals surface area contributed by atoms with Gasteiger partial charge < -0.3 is 19.5 Å². The molecule has 0 unspecified atom stereocenters. The van der Waals surface area contributed by atoms with Gasteiger partial charge in [0.05, 0.1) is 13.2 Å². The maximum absolute atomic E-state index is 12.5. The molecule has 0 spiro atoms. The van der Waals surface area contributed by atoms with Crippen LogP contribution in [0.3, 0.4) is 0 Å². The molecule has 2 aliphatic rings. The van der Waals surface area contributed by atoms with E-state index in [-0.39, 0.29) is 19.3 Å². The van der Waals surface area contributed by atoms with Crippen molar-refractivity contribution in [3.63, 3.8) is 0 Å². The molecular formula is C22H24N2O5. The Kier molecular flexibility index (Phi) is 5.67. The second kappa shape index (κ2) is 8.53.